The summed E-state index contributed by atoms with van der Waals surface area (Å²) in [6.07, 6.45) is -2.27. The number of rotatable bonds is 4. The second-order valence-corrected chi connectivity index (χ2v) is 6.45. The predicted octanol–water partition coefficient (Wildman–Crippen LogP) is 1.67. The number of aliphatic carboxylic acids is 1. The first kappa shape index (κ1) is 15.5. The molecule has 0 bridgehead atoms. The number of para-hydroxylation sites is 2. The smallest absolute Gasteiger partial charge is 0.374 e. The summed E-state index contributed by atoms with van der Waals surface area (Å²) >= 11 is 0. The van der Waals surface area contributed by atoms with Crippen molar-refractivity contribution in [1.82, 2.24) is 0 Å². The molecule has 116 valence electrons. The molecule has 0 aliphatic carbocycles. The van der Waals surface area contributed by atoms with Crippen molar-refractivity contribution in [3.63, 3.8) is 0 Å². The third-order valence-electron chi connectivity index (χ3n) is 2.96. The summed E-state index contributed by atoms with van der Waals surface area (Å²) in [6.45, 7) is 0. The maximum absolute atomic E-state index is 14.4. The van der Waals surface area contributed by atoms with Gasteiger partial charge in [-0.3, -0.25) is 4.79 Å². The van der Waals surface area contributed by atoms with Crippen LogP contribution in [0.4, 0.5) is 14.5 Å². The average molecular weight is 321 g/mol. The first-order chi connectivity index (χ1) is 9.64. The van der Waals surface area contributed by atoms with Gasteiger partial charge in [0.15, 0.2) is 6.10 Å². The third-order valence-corrected chi connectivity index (χ3v) is 4.07. The standard InChI is InChI=1S/C12H13F2NO5S/c1-21(18,19)15-8-4-2-3-5-9(8)20-10(12(15,13)14)6-7-11(16)17/h2-5,10H,6-7H2,1H3,(H,16,17). The molecule has 1 unspecified atom stereocenters. The largest absolute Gasteiger partial charge is 0.481 e. The van der Waals surface area contributed by atoms with Crippen LogP contribution >= 0.6 is 0 Å². The highest BCUT2D eigenvalue weighted by atomic mass is 32.2. The molecule has 0 fully saturated rings. The molecule has 21 heavy (non-hydrogen) atoms. The molecule has 9 heteroatoms. The van der Waals surface area contributed by atoms with Crippen LogP contribution in [-0.2, 0) is 14.8 Å². The van der Waals surface area contributed by atoms with E-state index in [2.05, 4.69) is 0 Å². The fourth-order valence-electron chi connectivity index (χ4n) is 2.13. The molecule has 0 saturated carbocycles. The second-order valence-electron chi connectivity index (χ2n) is 4.62. The SMILES string of the molecule is CS(=O)(=O)N1c2ccccc2OC(CCC(=O)O)C1(F)F. The van der Waals surface area contributed by atoms with Gasteiger partial charge < -0.3 is 9.84 Å². The number of hydrogen-bond acceptors (Lipinski definition) is 4. The number of benzene rings is 1. The molecule has 1 heterocycles. The van der Waals surface area contributed by atoms with Crippen molar-refractivity contribution in [1.29, 1.82) is 0 Å². The van der Waals surface area contributed by atoms with Gasteiger partial charge in [-0.2, -0.15) is 8.78 Å². The first-order valence-corrected chi connectivity index (χ1v) is 7.84. The number of sulfonamides is 1. The maximum Gasteiger partial charge on any atom is 0.374 e. The van der Waals surface area contributed by atoms with E-state index < -0.39 is 41.0 Å². The summed E-state index contributed by atoms with van der Waals surface area (Å²) in [7, 11) is -4.26. The summed E-state index contributed by atoms with van der Waals surface area (Å²) in [6, 6.07) is 1.62. The van der Waals surface area contributed by atoms with E-state index in [9.17, 15) is 22.0 Å². The zero-order chi connectivity index (χ0) is 15.8. The first-order valence-electron chi connectivity index (χ1n) is 5.99. The number of hydrogen-bond donors (Lipinski definition) is 1. The molecular weight excluding hydrogens is 308 g/mol. The van der Waals surface area contributed by atoms with Crippen LogP contribution < -0.4 is 9.04 Å². The van der Waals surface area contributed by atoms with Gasteiger partial charge in [-0.05, 0) is 12.1 Å². The van der Waals surface area contributed by atoms with Crippen LogP contribution in [0.5, 0.6) is 5.75 Å². The van der Waals surface area contributed by atoms with Gasteiger partial charge in [0.05, 0.1) is 11.9 Å². The lowest BCUT2D eigenvalue weighted by Gasteiger charge is -2.41. The number of carboxylic acids is 1. The molecular formula is C12H13F2NO5S. The monoisotopic (exact) mass is 321 g/mol. The molecule has 0 amide bonds. The van der Waals surface area contributed by atoms with Gasteiger partial charge in [0.1, 0.15) is 5.75 Å². The molecule has 1 aliphatic rings. The van der Waals surface area contributed by atoms with Gasteiger partial charge in [0.2, 0.25) is 10.0 Å². The van der Waals surface area contributed by atoms with Crippen molar-refractivity contribution in [2.24, 2.45) is 0 Å². The Labute approximate surface area is 120 Å². The normalized spacial score (nSPS) is 20.5. The van der Waals surface area contributed by atoms with Crippen molar-refractivity contribution >= 4 is 21.7 Å². The Morgan fingerprint density at radius 2 is 2.05 bits per heavy atom. The Balaban J connectivity index is 2.49. The lowest BCUT2D eigenvalue weighted by molar-refractivity contribution is -0.139. The Bertz CT molecular complexity index is 661. The quantitative estimate of drug-likeness (QED) is 0.853. The third kappa shape index (κ3) is 2.92. The molecule has 2 rings (SSSR count). The van der Waals surface area contributed by atoms with Crippen LogP contribution in [0.15, 0.2) is 24.3 Å². The van der Waals surface area contributed by atoms with Crippen LogP contribution in [0.3, 0.4) is 0 Å². The molecule has 1 aromatic rings. The van der Waals surface area contributed by atoms with Crippen molar-refractivity contribution in [3.05, 3.63) is 24.3 Å². The van der Waals surface area contributed by atoms with E-state index in [4.69, 9.17) is 9.84 Å². The Morgan fingerprint density at radius 1 is 1.43 bits per heavy atom. The number of carboxylic acid groups (broad SMARTS) is 1. The summed E-state index contributed by atoms with van der Waals surface area (Å²) in [5.41, 5.74) is -0.267. The van der Waals surface area contributed by atoms with Crippen molar-refractivity contribution in [3.8, 4) is 5.75 Å². The number of anilines is 1. The van der Waals surface area contributed by atoms with E-state index in [-0.39, 0.29) is 15.7 Å². The number of halogens is 2. The van der Waals surface area contributed by atoms with Gasteiger partial charge in [0, 0.05) is 12.8 Å². The molecule has 1 aliphatic heterocycles. The van der Waals surface area contributed by atoms with E-state index in [0.29, 0.717) is 6.26 Å². The minimum absolute atomic E-state index is 0.00858. The summed E-state index contributed by atoms with van der Waals surface area (Å²) < 4.78 is 57.3. The Morgan fingerprint density at radius 3 is 2.62 bits per heavy atom. The number of carbonyl (C=O) groups is 1. The minimum atomic E-state index is -4.26. The molecule has 1 aromatic carbocycles. The molecule has 0 aromatic heterocycles. The van der Waals surface area contributed by atoms with Gasteiger partial charge in [-0.15, -0.1) is 0 Å². The molecule has 0 spiro atoms. The van der Waals surface area contributed by atoms with Gasteiger partial charge in [-0.25, -0.2) is 12.7 Å². The molecule has 0 saturated heterocycles. The van der Waals surface area contributed by atoms with E-state index >= 15 is 0 Å². The van der Waals surface area contributed by atoms with Gasteiger partial charge >= 0.3 is 12.0 Å². The summed E-state index contributed by atoms with van der Waals surface area (Å²) in [5, 5.41) is 8.60. The van der Waals surface area contributed by atoms with Crippen molar-refractivity contribution in [2.45, 2.75) is 25.0 Å². The Kier molecular flexibility index (Phi) is 3.79. The number of nitrogens with zero attached hydrogens (tertiary/aromatic N) is 1. The molecule has 1 atom stereocenters. The highest BCUT2D eigenvalue weighted by Gasteiger charge is 2.55. The van der Waals surface area contributed by atoms with E-state index in [1.54, 1.807) is 0 Å². The van der Waals surface area contributed by atoms with Crippen LogP contribution in [0.25, 0.3) is 0 Å². The van der Waals surface area contributed by atoms with E-state index in [1.165, 1.54) is 24.3 Å². The summed E-state index contributed by atoms with van der Waals surface area (Å²) in [5.74, 6) is -1.29. The van der Waals surface area contributed by atoms with Gasteiger partial charge in [-0.1, -0.05) is 12.1 Å². The highest BCUT2D eigenvalue weighted by Crippen LogP contribution is 2.45. The molecule has 1 N–H and O–H groups in total. The zero-order valence-electron chi connectivity index (χ0n) is 11.0. The van der Waals surface area contributed by atoms with Crippen LogP contribution in [-0.4, -0.2) is 37.9 Å². The van der Waals surface area contributed by atoms with Crippen molar-refractivity contribution in [2.75, 3.05) is 10.6 Å². The highest BCUT2D eigenvalue weighted by molar-refractivity contribution is 7.92. The van der Waals surface area contributed by atoms with Crippen LogP contribution in [0, 0.1) is 0 Å². The number of fused-ring (bicyclic) bond motifs is 1. The fraction of sp³-hybridized carbons (Fsp3) is 0.417. The Hall–Kier alpha value is -1.90. The van der Waals surface area contributed by atoms with Crippen LogP contribution in [0.1, 0.15) is 12.8 Å². The lowest BCUT2D eigenvalue weighted by Crippen LogP contribution is -2.57. The van der Waals surface area contributed by atoms with E-state index in [1.807, 2.05) is 0 Å². The fourth-order valence-corrected chi connectivity index (χ4v) is 3.19. The number of alkyl halides is 2. The molecule has 0 radical (unpaired) electrons. The van der Waals surface area contributed by atoms with Gasteiger partial charge in [0.25, 0.3) is 0 Å². The zero-order valence-corrected chi connectivity index (χ0v) is 11.8. The van der Waals surface area contributed by atoms with Crippen LogP contribution in [0.2, 0.25) is 0 Å². The maximum atomic E-state index is 14.4. The second kappa shape index (κ2) is 5.14. The topological polar surface area (TPSA) is 83.9 Å². The lowest BCUT2D eigenvalue weighted by atomic mass is 10.1. The number of ether oxygens (including phenoxy) is 1. The predicted molar refractivity (Wildman–Crippen MR) is 70.0 cm³/mol. The van der Waals surface area contributed by atoms with Crippen molar-refractivity contribution < 1.29 is 31.8 Å². The van der Waals surface area contributed by atoms with E-state index in [0.717, 1.165) is 0 Å². The summed E-state index contributed by atoms with van der Waals surface area (Å²) in [4.78, 5) is 10.5. The minimum Gasteiger partial charge on any atom is -0.481 e. The molecule has 6 nitrogen and oxygen atoms in total. The average Bonchev–Trinajstić information content (AvgIpc) is 2.33.